The Morgan fingerprint density at radius 2 is 2.06 bits per heavy atom. The molecule has 0 saturated carbocycles. The lowest BCUT2D eigenvalue weighted by molar-refractivity contribution is 0.0944. The van der Waals surface area contributed by atoms with Gasteiger partial charge < -0.3 is 10.6 Å². The molecule has 3 aromatic rings. The summed E-state index contributed by atoms with van der Waals surface area (Å²) in [5.41, 5.74) is 9.84. The standard InChI is InChI=1S/C18H24N10O2S/c1-3-26-6-8-27(9-7-26)11-13-15(21-25-28(13)17-16(19)23-30-24-17)18(29)22-20-12(2)14-5-4-10-31-14/h4-5,10H,3,6-9,11H2,1-2H3,(H2,19,23)(H,22,29). The van der Waals surface area contributed by atoms with Crippen molar-refractivity contribution in [2.75, 3.05) is 38.5 Å². The van der Waals surface area contributed by atoms with Gasteiger partial charge in [0, 0.05) is 37.6 Å². The number of piperazine rings is 1. The molecule has 0 atom stereocenters. The number of rotatable bonds is 7. The lowest BCUT2D eigenvalue weighted by Gasteiger charge is -2.33. The van der Waals surface area contributed by atoms with Crippen molar-refractivity contribution in [1.82, 2.24) is 40.5 Å². The maximum atomic E-state index is 12.9. The Hall–Kier alpha value is -3.16. The molecule has 3 N–H and O–H groups in total. The van der Waals surface area contributed by atoms with Crippen LogP contribution in [0.2, 0.25) is 0 Å². The number of nitrogens with zero attached hydrogens (tertiary/aromatic N) is 8. The molecule has 4 rings (SSSR count). The van der Waals surface area contributed by atoms with Gasteiger partial charge in [0.15, 0.2) is 5.69 Å². The highest BCUT2D eigenvalue weighted by Gasteiger charge is 2.27. The fourth-order valence-electron chi connectivity index (χ4n) is 3.33. The number of nitrogen functional groups attached to an aromatic ring is 1. The molecule has 1 aliphatic rings. The lowest BCUT2D eigenvalue weighted by atomic mass is 10.2. The average Bonchev–Trinajstić information content (AvgIpc) is 3.53. The third-order valence-electron chi connectivity index (χ3n) is 5.16. The van der Waals surface area contributed by atoms with Crippen LogP contribution in [0.15, 0.2) is 27.2 Å². The van der Waals surface area contributed by atoms with Gasteiger partial charge in [-0.05, 0) is 35.2 Å². The summed E-state index contributed by atoms with van der Waals surface area (Å²) in [6.07, 6.45) is 0. The molecule has 0 aliphatic carbocycles. The van der Waals surface area contributed by atoms with Crippen molar-refractivity contribution in [3.63, 3.8) is 0 Å². The third kappa shape index (κ3) is 4.62. The van der Waals surface area contributed by atoms with Crippen LogP contribution in [0.25, 0.3) is 5.82 Å². The number of likely N-dealkylation sites (N-methyl/N-ethyl adjacent to an activating group) is 1. The topological polar surface area (TPSA) is 144 Å². The number of aromatic nitrogens is 5. The molecule has 1 saturated heterocycles. The summed E-state index contributed by atoms with van der Waals surface area (Å²) in [7, 11) is 0. The van der Waals surface area contributed by atoms with Crippen LogP contribution in [0.4, 0.5) is 5.82 Å². The molecular formula is C18H24N10O2S. The van der Waals surface area contributed by atoms with Gasteiger partial charge in [0.25, 0.3) is 5.91 Å². The Bertz CT molecular complexity index is 1050. The van der Waals surface area contributed by atoms with Crippen LogP contribution in [-0.4, -0.2) is 79.4 Å². The van der Waals surface area contributed by atoms with E-state index in [0.717, 1.165) is 37.6 Å². The molecule has 3 aromatic heterocycles. The van der Waals surface area contributed by atoms with E-state index in [1.807, 2.05) is 24.4 Å². The highest BCUT2D eigenvalue weighted by molar-refractivity contribution is 7.12. The normalized spacial score (nSPS) is 16.0. The summed E-state index contributed by atoms with van der Waals surface area (Å²) >= 11 is 1.55. The van der Waals surface area contributed by atoms with E-state index in [1.54, 1.807) is 11.3 Å². The number of anilines is 1. The summed E-state index contributed by atoms with van der Waals surface area (Å²) in [6.45, 7) is 9.09. The first-order valence-electron chi connectivity index (χ1n) is 9.93. The van der Waals surface area contributed by atoms with Crippen LogP contribution >= 0.6 is 11.3 Å². The number of hydrogen-bond acceptors (Lipinski definition) is 11. The van der Waals surface area contributed by atoms with E-state index in [0.29, 0.717) is 18.0 Å². The van der Waals surface area contributed by atoms with E-state index >= 15 is 0 Å². The predicted molar refractivity (Wildman–Crippen MR) is 115 cm³/mol. The van der Waals surface area contributed by atoms with Crippen LogP contribution in [0, 0.1) is 0 Å². The van der Waals surface area contributed by atoms with Gasteiger partial charge in [0.2, 0.25) is 11.6 Å². The summed E-state index contributed by atoms with van der Waals surface area (Å²) in [5, 5.41) is 21.7. The Labute approximate surface area is 182 Å². The van der Waals surface area contributed by atoms with Crippen molar-refractivity contribution in [3.8, 4) is 5.82 Å². The van der Waals surface area contributed by atoms with E-state index in [2.05, 4.69) is 47.9 Å². The summed E-state index contributed by atoms with van der Waals surface area (Å²) in [6, 6.07) is 3.87. The van der Waals surface area contributed by atoms with E-state index in [9.17, 15) is 4.79 Å². The van der Waals surface area contributed by atoms with E-state index in [4.69, 9.17) is 10.4 Å². The van der Waals surface area contributed by atoms with E-state index < -0.39 is 5.91 Å². The highest BCUT2D eigenvalue weighted by atomic mass is 32.1. The van der Waals surface area contributed by atoms with Crippen LogP contribution < -0.4 is 11.2 Å². The maximum Gasteiger partial charge on any atom is 0.293 e. The van der Waals surface area contributed by atoms with Crippen molar-refractivity contribution in [3.05, 3.63) is 33.8 Å². The lowest BCUT2D eigenvalue weighted by Crippen LogP contribution is -2.46. The molecular weight excluding hydrogens is 420 g/mol. The Morgan fingerprint density at radius 1 is 1.29 bits per heavy atom. The first-order chi connectivity index (χ1) is 15.1. The van der Waals surface area contributed by atoms with Crippen molar-refractivity contribution in [1.29, 1.82) is 0 Å². The van der Waals surface area contributed by atoms with Crippen LogP contribution in [-0.2, 0) is 6.54 Å². The Balaban J connectivity index is 1.58. The monoisotopic (exact) mass is 444 g/mol. The largest absolute Gasteiger partial charge is 0.378 e. The van der Waals surface area contributed by atoms with Crippen molar-refractivity contribution < 1.29 is 9.42 Å². The zero-order valence-electron chi connectivity index (χ0n) is 17.4. The third-order valence-corrected chi connectivity index (χ3v) is 6.14. The Kier molecular flexibility index (Phi) is 6.34. The first kappa shape index (κ1) is 21.1. The molecule has 1 fully saturated rings. The second kappa shape index (κ2) is 9.32. The number of nitrogens with one attached hydrogen (secondary N) is 1. The van der Waals surface area contributed by atoms with Crippen molar-refractivity contribution in [2.24, 2.45) is 5.10 Å². The van der Waals surface area contributed by atoms with Gasteiger partial charge in [-0.15, -0.1) is 16.4 Å². The zero-order valence-corrected chi connectivity index (χ0v) is 18.2. The molecule has 1 amide bonds. The minimum absolute atomic E-state index is 0.0699. The van der Waals surface area contributed by atoms with Gasteiger partial charge in [-0.25, -0.2) is 10.1 Å². The van der Waals surface area contributed by atoms with Crippen LogP contribution in [0.5, 0.6) is 0 Å². The number of hydrogen-bond donors (Lipinski definition) is 2. The van der Waals surface area contributed by atoms with Crippen LogP contribution in [0.3, 0.4) is 0 Å². The van der Waals surface area contributed by atoms with Gasteiger partial charge in [0.1, 0.15) is 0 Å². The summed E-state index contributed by atoms with van der Waals surface area (Å²) in [4.78, 5) is 18.5. The molecule has 4 heterocycles. The molecule has 13 heteroatoms. The smallest absolute Gasteiger partial charge is 0.293 e. The number of amides is 1. The maximum absolute atomic E-state index is 12.9. The molecule has 12 nitrogen and oxygen atoms in total. The first-order valence-corrected chi connectivity index (χ1v) is 10.8. The molecule has 0 radical (unpaired) electrons. The fourth-order valence-corrected chi connectivity index (χ4v) is 4.01. The molecule has 0 spiro atoms. The molecule has 0 unspecified atom stereocenters. The van der Waals surface area contributed by atoms with Gasteiger partial charge in [-0.2, -0.15) is 9.78 Å². The quantitative estimate of drug-likeness (QED) is 0.395. The van der Waals surface area contributed by atoms with Crippen LogP contribution in [0.1, 0.15) is 34.9 Å². The zero-order chi connectivity index (χ0) is 21.8. The summed E-state index contributed by atoms with van der Waals surface area (Å²) < 4.78 is 6.11. The molecule has 164 valence electrons. The number of carbonyl (C=O) groups is 1. The second-order valence-corrected chi connectivity index (χ2v) is 8.04. The molecule has 0 aromatic carbocycles. The predicted octanol–water partition coefficient (Wildman–Crippen LogP) is 0.586. The van der Waals surface area contributed by atoms with E-state index in [-0.39, 0.29) is 17.3 Å². The van der Waals surface area contributed by atoms with Gasteiger partial charge in [-0.3, -0.25) is 9.69 Å². The van der Waals surface area contributed by atoms with Gasteiger partial charge in [0.05, 0.1) is 11.4 Å². The Morgan fingerprint density at radius 3 is 2.71 bits per heavy atom. The molecule has 31 heavy (non-hydrogen) atoms. The number of hydrazone groups is 1. The SMILES string of the molecule is CCN1CCN(Cc2c(C(=O)NN=C(C)c3cccs3)nnn2-c2nonc2N)CC1. The average molecular weight is 445 g/mol. The van der Waals surface area contributed by atoms with Crippen molar-refractivity contribution >= 4 is 28.8 Å². The molecule has 1 aliphatic heterocycles. The number of nitrogens with two attached hydrogens (primary N) is 1. The number of carbonyl (C=O) groups excluding carboxylic acids is 1. The molecule has 0 bridgehead atoms. The van der Waals surface area contributed by atoms with Gasteiger partial charge >= 0.3 is 0 Å². The fraction of sp³-hybridized carbons (Fsp3) is 0.444. The summed E-state index contributed by atoms with van der Waals surface area (Å²) in [5.74, 6) is -0.188. The number of thiophene rings is 1. The second-order valence-electron chi connectivity index (χ2n) is 7.10. The van der Waals surface area contributed by atoms with Gasteiger partial charge in [-0.1, -0.05) is 18.2 Å². The highest BCUT2D eigenvalue weighted by Crippen LogP contribution is 2.18. The van der Waals surface area contributed by atoms with E-state index in [1.165, 1.54) is 4.68 Å². The minimum Gasteiger partial charge on any atom is -0.378 e. The van der Waals surface area contributed by atoms with Crippen molar-refractivity contribution in [2.45, 2.75) is 20.4 Å². The minimum atomic E-state index is -0.459.